The lowest BCUT2D eigenvalue weighted by molar-refractivity contribution is -0.123. The Morgan fingerprint density at radius 3 is 2.88 bits per heavy atom. The van der Waals surface area contributed by atoms with Gasteiger partial charge in [-0.2, -0.15) is 0 Å². The molecule has 1 rings (SSSR count). The number of amides is 1. The fourth-order valence-corrected chi connectivity index (χ4v) is 2.53. The van der Waals surface area contributed by atoms with Gasteiger partial charge in [-0.1, -0.05) is 11.6 Å². The lowest BCUT2D eigenvalue weighted by Crippen LogP contribution is -2.43. The molecule has 0 bridgehead atoms. The Morgan fingerprint density at radius 2 is 2.41 bits per heavy atom. The van der Waals surface area contributed by atoms with Crippen molar-refractivity contribution in [2.45, 2.75) is 19.5 Å². The first-order valence-electron chi connectivity index (χ1n) is 5.29. The van der Waals surface area contributed by atoms with E-state index in [1.54, 1.807) is 25.4 Å². The number of nitrogens with two attached hydrogens (primary N) is 1. The average Bonchev–Trinajstić information content (AvgIpc) is 2.69. The van der Waals surface area contributed by atoms with Gasteiger partial charge in [-0.15, -0.1) is 11.3 Å². The Balaban J connectivity index is 2.65. The van der Waals surface area contributed by atoms with Gasteiger partial charge in [0.15, 0.2) is 0 Å². The summed E-state index contributed by atoms with van der Waals surface area (Å²) in [5.74, 6) is -0.330. The summed E-state index contributed by atoms with van der Waals surface area (Å²) in [5.41, 5.74) is 5.32. The van der Waals surface area contributed by atoms with E-state index in [9.17, 15) is 4.79 Å². The van der Waals surface area contributed by atoms with Crippen LogP contribution in [0.15, 0.2) is 11.4 Å². The summed E-state index contributed by atoms with van der Waals surface area (Å²) in [6.45, 7) is 3.69. The van der Waals surface area contributed by atoms with Crippen LogP contribution in [0.5, 0.6) is 0 Å². The predicted octanol–water partition coefficient (Wildman–Crippen LogP) is 1.72. The standard InChI is InChI=1S/C11H17ClN2O2S/c1-8(11(13)15)14(3-4-16-2)6-10-5-9(12)7-17-10/h5,7-8H,3-4,6H2,1-2H3,(H2,13,15). The zero-order valence-electron chi connectivity index (χ0n) is 9.98. The van der Waals surface area contributed by atoms with Gasteiger partial charge in [0.25, 0.3) is 0 Å². The molecule has 1 aromatic rings. The fraction of sp³-hybridized carbons (Fsp3) is 0.545. The molecule has 6 heteroatoms. The molecule has 0 aliphatic carbocycles. The van der Waals surface area contributed by atoms with Crippen LogP contribution in [0.4, 0.5) is 0 Å². The molecule has 1 atom stereocenters. The normalized spacial score (nSPS) is 12.9. The number of methoxy groups -OCH3 is 1. The molecule has 1 aromatic heterocycles. The van der Waals surface area contributed by atoms with Gasteiger partial charge in [0, 0.05) is 30.5 Å². The lowest BCUT2D eigenvalue weighted by atomic mass is 10.2. The molecule has 0 aliphatic rings. The smallest absolute Gasteiger partial charge is 0.234 e. The summed E-state index contributed by atoms with van der Waals surface area (Å²) >= 11 is 7.44. The van der Waals surface area contributed by atoms with Crippen molar-refractivity contribution in [1.82, 2.24) is 4.90 Å². The number of hydrogen-bond acceptors (Lipinski definition) is 4. The molecule has 2 N–H and O–H groups in total. The van der Waals surface area contributed by atoms with E-state index in [0.29, 0.717) is 19.7 Å². The number of nitrogens with zero attached hydrogens (tertiary/aromatic N) is 1. The molecule has 4 nitrogen and oxygen atoms in total. The van der Waals surface area contributed by atoms with Crippen molar-refractivity contribution in [3.8, 4) is 0 Å². The van der Waals surface area contributed by atoms with Gasteiger partial charge in [-0.3, -0.25) is 9.69 Å². The maximum absolute atomic E-state index is 11.2. The highest BCUT2D eigenvalue weighted by Crippen LogP contribution is 2.21. The lowest BCUT2D eigenvalue weighted by Gasteiger charge is -2.25. The van der Waals surface area contributed by atoms with Gasteiger partial charge in [0.1, 0.15) is 0 Å². The van der Waals surface area contributed by atoms with E-state index in [2.05, 4.69) is 0 Å². The third-order valence-electron chi connectivity index (χ3n) is 2.52. The quantitative estimate of drug-likeness (QED) is 0.825. The number of ether oxygens (including phenoxy) is 1. The van der Waals surface area contributed by atoms with Gasteiger partial charge in [0.05, 0.1) is 17.7 Å². The second-order valence-electron chi connectivity index (χ2n) is 3.77. The zero-order chi connectivity index (χ0) is 12.8. The molecule has 0 radical (unpaired) electrons. The summed E-state index contributed by atoms with van der Waals surface area (Å²) < 4.78 is 5.03. The highest BCUT2D eigenvalue weighted by atomic mass is 35.5. The Hall–Kier alpha value is -0.620. The minimum atomic E-state index is -0.330. The molecule has 1 unspecified atom stereocenters. The van der Waals surface area contributed by atoms with Crippen molar-refractivity contribution in [1.29, 1.82) is 0 Å². The number of rotatable bonds is 7. The highest BCUT2D eigenvalue weighted by Gasteiger charge is 2.19. The van der Waals surface area contributed by atoms with Crippen LogP contribution in [0, 0.1) is 0 Å². The van der Waals surface area contributed by atoms with Crippen LogP contribution in [0.25, 0.3) is 0 Å². The molecular formula is C11H17ClN2O2S. The molecule has 0 saturated carbocycles. The second-order valence-corrected chi connectivity index (χ2v) is 5.21. The topological polar surface area (TPSA) is 55.6 Å². The predicted molar refractivity (Wildman–Crippen MR) is 70.3 cm³/mol. The van der Waals surface area contributed by atoms with E-state index < -0.39 is 0 Å². The minimum Gasteiger partial charge on any atom is -0.383 e. The number of halogens is 1. The zero-order valence-corrected chi connectivity index (χ0v) is 11.6. The van der Waals surface area contributed by atoms with E-state index in [1.807, 2.05) is 16.3 Å². The number of carbonyl (C=O) groups excluding carboxylic acids is 1. The summed E-state index contributed by atoms with van der Waals surface area (Å²) in [7, 11) is 1.63. The summed E-state index contributed by atoms with van der Waals surface area (Å²) in [6, 6.07) is 1.59. The molecule has 17 heavy (non-hydrogen) atoms. The van der Waals surface area contributed by atoms with Crippen LogP contribution in [0.1, 0.15) is 11.8 Å². The molecule has 1 heterocycles. The summed E-state index contributed by atoms with van der Waals surface area (Å²) in [6.07, 6.45) is 0. The Kier molecular flexibility index (Phi) is 5.91. The Bertz CT molecular complexity index is 370. The van der Waals surface area contributed by atoms with Gasteiger partial charge >= 0.3 is 0 Å². The van der Waals surface area contributed by atoms with Gasteiger partial charge in [-0.05, 0) is 13.0 Å². The first-order chi connectivity index (χ1) is 8.04. The Labute approximate surface area is 110 Å². The fourth-order valence-electron chi connectivity index (χ4n) is 1.44. The van der Waals surface area contributed by atoms with E-state index in [-0.39, 0.29) is 11.9 Å². The van der Waals surface area contributed by atoms with Crippen molar-refractivity contribution in [3.05, 3.63) is 21.3 Å². The van der Waals surface area contributed by atoms with Crippen LogP contribution in [0.2, 0.25) is 5.02 Å². The van der Waals surface area contributed by atoms with Crippen molar-refractivity contribution in [2.75, 3.05) is 20.3 Å². The molecule has 1 amide bonds. The SMILES string of the molecule is COCCN(Cc1cc(Cl)cs1)C(C)C(N)=O. The summed E-state index contributed by atoms with van der Waals surface area (Å²) in [4.78, 5) is 14.3. The van der Waals surface area contributed by atoms with Crippen LogP contribution >= 0.6 is 22.9 Å². The van der Waals surface area contributed by atoms with Gasteiger partial charge in [0.2, 0.25) is 5.91 Å². The Morgan fingerprint density at radius 1 is 1.71 bits per heavy atom. The number of primary amides is 1. The molecule has 0 fully saturated rings. The molecule has 0 saturated heterocycles. The largest absolute Gasteiger partial charge is 0.383 e. The van der Waals surface area contributed by atoms with Crippen LogP contribution in [0.3, 0.4) is 0 Å². The van der Waals surface area contributed by atoms with Gasteiger partial charge < -0.3 is 10.5 Å². The van der Waals surface area contributed by atoms with Crippen molar-refractivity contribution in [3.63, 3.8) is 0 Å². The van der Waals surface area contributed by atoms with Crippen molar-refractivity contribution < 1.29 is 9.53 Å². The van der Waals surface area contributed by atoms with Crippen molar-refractivity contribution >= 4 is 28.8 Å². The number of thiophene rings is 1. The maximum Gasteiger partial charge on any atom is 0.234 e. The van der Waals surface area contributed by atoms with E-state index in [4.69, 9.17) is 22.1 Å². The van der Waals surface area contributed by atoms with E-state index >= 15 is 0 Å². The van der Waals surface area contributed by atoms with Crippen LogP contribution in [-0.2, 0) is 16.1 Å². The minimum absolute atomic E-state index is 0.314. The average molecular weight is 277 g/mol. The molecule has 0 spiro atoms. The maximum atomic E-state index is 11.2. The highest BCUT2D eigenvalue weighted by molar-refractivity contribution is 7.10. The first-order valence-corrected chi connectivity index (χ1v) is 6.55. The van der Waals surface area contributed by atoms with Crippen molar-refractivity contribution in [2.24, 2.45) is 5.73 Å². The summed E-state index contributed by atoms with van der Waals surface area (Å²) in [5, 5.41) is 2.60. The van der Waals surface area contributed by atoms with Crippen LogP contribution in [-0.4, -0.2) is 37.1 Å². The first kappa shape index (κ1) is 14.4. The van der Waals surface area contributed by atoms with Gasteiger partial charge in [-0.25, -0.2) is 0 Å². The third kappa shape index (κ3) is 4.63. The number of hydrogen-bond donors (Lipinski definition) is 1. The molecular weight excluding hydrogens is 260 g/mol. The third-order valence-corrected chi connectivity index (χ3v) is 3.79. The number of carbonyl (C=O) groups is 1. The van der Waals surface area contributed by atoms with E-state index in [0.717, 1.165) is 9.90 Å². The molecule has 0 aromatic carbocycles. The van der Waals surface area contributed by atoms with Crippen LogP contribution < -0.4 is 5.73 Å². The van der Waals surface area contributed by atoms with E-state index in [1.165, 1.54) is 0 Å². The molecule has 96 valence electrons. The molecule has 0 aliphatic heterocycles. The second kappa shape index (κ2) is 6.96. The monoisotopic (exact) mass is 276 g/mol.